The lowest BCUT2D eigenvalue weighted by molar-refractivity contribution is 1.04. The molecule has 1 aliphatic rings. The van der Waals surface area contributed by atoms with Crippen LogP contribution in [0.15, 0.2) is 115 Å². The van der Waals surface area contributed by atoms with Gasteiger partial charge in [-0.05, 0) is 60.1 Å². The molecule has 0 heteroatoms. The van der Waals surface area contributed by atoms with Gasteiger partial charge in [0.25, 0.3) is 0 Å². The third kappa shape index (κ3) is 2.36. The Morgan fingerprint density at radius 2 is 0.871 bits per heavy atom. The first-order valence-corrected chi connectivity index (χ1v) is 10.9. The van der Waals surface area contributed by atoms with Crippen molar-refractivity contribution in [3.63, 3.8) is 0 Å². The topological polar surface area (TPSA) is 0 Å². The molecule has 0 N–H and O–H groups in total. The van der Waals surface area contributed by atoms with Crippen LogP contribution >= 0.6 is 0 Å². The van der Waals surface area contributed by atoms with Crippen molar-refractivity contribution in [3.8, 4) is 11.1 Å². The van der Waals surface area contributed by atoms with Crippen LogP contribution in [0.1, 0.15) is 22.6 Å². The van der Waals surface area contributed by atoms with Crippen LogP contribution in [0, 0.1) is 0 Å². The van der Waals surface area contributed by atoms with E-state index in [0.717, 1.165) is 0 Å². The van der Waals surface area contributed by atoms with E-state index in [1.54, 1.807) is 0 Å². The Hall–Kier alpha value is -3.90. The third-order valence-electron chi connectivity index (χ3n) is 6.92. The van der Waals surface area contributed by atoms with Crippen molar-refractivity contribution in [1.29, 1.82) is 0 Å². The zero-order valence-electron chi connectivity index (χ0n) is 17.0. The van der Waals surface area contributed by atoms with Gasteiger partial charge in [0.1, 0.15) is 0 Å². The molecule has 144 valence electrons. The van der Waals surface area contributed by atoms with Crippen LogP contribution in [-0.2, 0) is 0 Å². The monoisotopic (exact) mass is 392 g/mol. The summed E-state index contributed by atoms with van der Waals surface area (Å²) in [6, 6.07) is 42.5. The van der Waals surface area contributed by atoms with Crippen molar-refractivity contribution < 1.29 is 0 Å². The van der Waals surface area contributed by atoms with Gasteiger partial charge in [-0.1, -0.05) is 115 Å². The Balaban J connectivity index is 1.63. The zero-order chi connectivity index (χ0) is 20.4. The van der Waals surface area contributed by atoms with Gasteiger partial charge >= 0.3 is 0 Å². The summed E-state index contributed by atoms with van der Waals surface area (Å²) in [5.74, 6) is 0.229. The minimum Gasteiger partial charge on any atom is -0.0616 e. The van der Waals surface area contributed by atoms with Crippen molar-refractivity contribution in [3.05, 3.63) is 132 Å². The SMILES string of the molecule is c1ccc2cc(C3c4c(ccc5ccccc45)-c4ccc5ccccc5c43)ccc2c1. The lowest BCUT2D eigenvalue weighted by Crippen LogP contribution is -2.01. The summed E-state index contributed by atoms with van der Waals surface area (Å²) in [4.78, 5) is 0. The molecule has 31 heavy (non-hydrogen) atoms. The molecule has 0 atom stereocenters. The maximum atomic E-state index is 2.39. The van der Waals surface area contributed by atoms with E-state index in [0.29, 0.717) is 0 Å². The van der Waals surface area contributed by atoms with Crippen LogP contribution in [0.2, 0.25) is 0 Å². The molecule has 0 aromatic heterocycles. The molecule has 6 aromatic rings. The quantitative estimate of drug-likeness (QED) is 0.263. The molecule has 6 aromatic carbocycles. The fourth-order valence-corrected chi connectivity index (χ4v) is 5.55. The summed E-state index contributed by atoms with van der Waals surface area (Å²) in [7, 11) is 0. The van der Waals surface area contributed by atoms with Crippen LogP contribution in [0.25, 0.3) is 43.4 Å². The molecule has 0 saturated carbocycles. The second-order valence-corrected chi connectivity index (χ2v) is 8.54. The summed E-state index contributed by atoms with van der Waals surface area (Å²) in [5.41, 5.74) is 7.00. The Kier molecular flexibility index (Phi) is 3.42. The molecule has 0 spiro atoms. The summed E-state index contributed by atoms with van der Waals surface area (Å²) in [6.07, 6.45) is 0. The van der Waals surface area contributed by atoms with E-state index in [4.69, 9.17) is 0 Å². The average Bonchev–Trinajstić information content (AvgIpc) is 3.19. The zero-order valence-corrected chi connectivity index (χ0v) is 17.0. The average molecular weight is 393 g/mol. The smallest absolute Gasteiger partial charge is 0.0364 e. The normalized spacial score (nSPS) is 13.0. The van der Waals surface area contributed by atoms with Crippen LogP contribution in [0.4, 0.5) is 0 Å². The van der Waals surface area contributed by atoms with Crippen LogP contribution in [0.3, 0.4) is 0 Å². The van der Waals surface area contributed by atoms with Gasteiger partial charge in [-0.25, -0.2) is 0 Å². The second-order valence-electron chi connectivity index (χ2n) is 8.54. The molecular formula is C31H20. The van der Waals surface area contributed by atoms with Gasteiger partial charge in [0.2, 0.25) is 0 Å². The fourth-order valence-electron chi connectivity index (χ4n) is 5.55. The van der Waals surface area contributed by atoms with Gasteiger partial charge in [0.15, 0.2) is 0 Å². The van der Waals surface area contributed by atoms with Gasteiger partial charge < -0.3 is 0 Å². The van der Waals surface area contributed by atoms with Crippen molar-refractivity contribution >= 4 is 32.3 Å². The van der Waals surface area contributed by atoms with E-state index in [1.165, 1.54) is 60.1 Å². The highest BCUT2D eigenvalue weighted by Crippen LogP contribution is 2.53. The van der Waals surface area contributed by atoms with Crippen LogP contribution in [0.5, 0.6) is 0 Å². The van der Waals surface area contributed by atoms with Gasteiger partial charge in [0.05, 0.1) is 0 Å². The van der Waals surface area contributed by atoms with Crippen molar-refractivity contribution in [2.45, 2.75) is 5.92 Å². The molecular weight excluding hydrogens is 372 g/mol. The molecule has 0 fully saturated rings. The molecule has 0 heterocycles. The molecule has 0 saturated heterocycles. The number of benzene rings is 6. The Morgan fingerprint density at radius 1 is 0.387 bits per heavy atom. The number of hydrogen-bond acceptors (Lipinski definition) is 0. The van der Waals surface area contributed by atoms with E-state index < -0.39 is 0 Å². The third-order valence-corrected chi connectivity index (χ3v) is 6.92. The maximum Gasteiger partial charge on any atom is 0.0364 e. The molecule has 0 bridgehead atoms. The van der Waals surface area contributed by atoms with Gasteiger partial charge in [0, 0.05) is 5.92 Å². The predicted octanol–water partition coefficient (Wildman–Crippen LogP) is 8.31. The maximum absolute atomic E-state index is 2.39. The summed E-state index contributed by atoms with van der Waals surface area (Å²) >= 11 is 0. The van der Waals surface area contributed by atoms with E-state index in [9.17, 15) is 0 Å². The van der Waals surface area contributed by atoms with Crippen molar-refractivity contribution in [2.24, 2.45) is 0 Å². The fraction of sp³-hybridized carbons (Fsp3) is 0.0323. The number of rotatable bonds is 1. The van der Waals surface area contributed by atoms with Gasteiger partial charge in [-0.15, -0.1) is 0 Å². The molecule has 0 unspecified atom stereocenters. The molecule has 7 rings (SSSR count). The van der Waals surface area contributed by atoms with Gasteiger partial charge in [-0.2, -0.15) is 0 Å². The Bertz CT molecular complexity index is 1550. The molecule has 0 nitrogen and oxygen atoms in total. The molecule has 0 amide bonds. The number of hydrogen-bond donors (Lipinski definition) is 0. The van der Waals surface area contributed by atoms with Crippen molar-refractivity contribution in [2.75, 3.05) is 0 Å². The summed E-state index contributed by atoms with van der Waals surface area (Å²) < 4.78 is 0. The highest BCUT2D eigenvalue weighted by Gasteiger charge is 2.33. The summed E-state index contributed by atoms with van der Waals surface area (Å²) in [5, 5.41) is 7.93. The van der Waals surface area contributed by atoms with Gasteiger partial charge in [-0.3, -0.25) is 0 Å². The Morgan fingerprint density at radius 3 is 1.48 bits per heavy atom. The predicted molar refractivity (Wildman–Crippen MR) is 132 cm³/mol. The first-order chi connectivity index (χ1) is 15.4. The van der Waals surface area contributed by atoms with E-state index >= 15 is 0 Å². The minimum atomic E-state index is 0.229. The highest BCUT2D eigenvalue weighted by atomic mass is 14.4. The Labute approximate surface area is 181 Å². The largest absolute Gasteiger partial charge is 0.0616 e. The van der Waals surface area contributed by atoms with Crippen LogP contribution < -0.4 is 0 Å². The van der Waals surface area contributed by atoms with E-state index in [1.807, 2.05) is 0 Å². The first-order valence-electron chi connectivity index (χ1n) is 10.9. The van der Waals surface area contributed by atoms with E-state index in [-0.39, 0.29) is 5.92 Å². The minimum absolute atomic E-state index is 0.229. The number of fused-ring (bicyclic) bond motifs is 8. The molecule has 0 aliphatic heterocycles. The van der Waals surface area contributed by atoms with E-state index in [2.05, 4.69) is 115 Å². The lowest BCUT2D eigenvalue weighted by atomic mass is 9.84. The second kappa shape index (κ2) is 6.30. The molecule has 0 radical (unpaired) electrons. The first kappa shape index (κ1) is 16.8. The van der Waals surface area contributed by atoms with Crippen molar-refractivity contribution in [1.82, 2.24) is 0 Å². The standard InChI is InChI=1S/C31H20/c1-2-10-23-19-24(14-13-20(23)7-1)29-30-25-11-5-3-8-21(25)15-17-27(30)28-18-16-22-9-4-6-12-26(22)31(28)29/h1-19,29H. The summed E-state index contributed by atoms with van der Waals surface area (Å²) in [6.45, 7) is 0. The molecule has 1 aliphatic carbocycles. The highest BCUT2D eigenvalue weighted by molar-refractivity contribution is 6.03. The van der Waals surface area contributed by atoms with Crippen LogP contribution in [-0.4, -0.2) is 0 Å². The lowest BCUT2D eigenvalue weighted by Gasteiger charge is -2.19.